The van der Waals surface area contributed by atoms with Crippen LogP contribution >= 0.6 is 0 Å². The van der Waals surface area contributed by atoms with E-state index < -0.39 is 0 Å². The first-order chi connectivity index (χ1) is 7.72. The van der Waals surface area contributed by atoms with Gasteiger partial charge in [-0.15, -0.1) is 0 Å². The molecule has 1 aromatic carbocycles. The van der Waals surface area contributed by atoms with Gasteiger partial charge in [0.1, 0.15) is 5.75 Å². The first-order valence-corrected chi connectivity index (χ1v) is 6.19. The maximum atomic E-state index is 6.13. The minimum atomic E-state index is 0.298. The third-order valence-corrected chi connectivity index (χ3v) is 4.43. The van der Waals surface area contributed by atoms with Crippen LogP contribution in [0, 0.1) is 11.3 Å². The highest BCUT2D eigenvalue weighted by Gasteiger charge is 2.52. The summed E-state index contributed by atoms with van der Waals surface area (Å²) < 4.78 is 5.86. The molecule has 2 nitrogen and oxygen atoms in total. The number of ether oxygens (including phenoxy) is 1. The number of benzene rings is 1. The highest BCUT2D eigenvalue weighted by molar-refractivity contribution is 5.35. The topological polar surface area (TPSA) is 35.2 Å². The molecule has 1 aromatic rings. The smallest absolute Gasteiger partial charge is 0.122 e. The number of hydrogen-bond acceptors (Lipinski definition) is 2. The van der Waals surface area contributed by atoms with Gasteiger partial charge in [-0.05, 0) is 43.2 Å². The zero-order valence-corrected chi connectivity index (χ0v) is 9.78. The predicted octanol–water partition coefficient (Wildman–Crippen LogP) is 2.37. The zero-order valence-electron chi connectivity index (χ0n) is 9.78. The van der Waals surface area contributed by atoms with Crippen LogP contribution < -0.4 is 10.5 Å². The van der Waals surface area contributed by atoms with Gasteiger partial charge in [0.2, 0.25) is 0 Å². The van der Waals surface area contributed by atoms with Crippen molar-refractivity contribution in [3.05, 3.63) is 29.8 Å². The van der Waals surface area contributed by atoms with Crippen LogP contribution in [0.1, 0.15) is 25.3 Å². The molecule has 2 unspecified atom stereocenters. The van der Waals surface area contributed by atoms with Gasteiger partial charge in [-0.2, -0.15) is 0 Å². The molecule has 1 fully saturated rings. The number of para-hydroxylation sites is 1. The first kappa shape index (κ1) is 10.2. The summed E-state index contributed by atoms with van der Waals surface area (Å²) in [4.78, 5) is 0. The number of rotatable bonds is 2. The van der Waals surface area contributed by atoms with Crippen molar-refractivity contribution in [2.75, 3.05) is 6.61 Å². The van der Waals surface area contributed by atoms with Crippen molar-refractivity contribution in [2.45, 2.75) is 32.2 Å². The van der Waals surface area contributed by atoms with Crippen molar-refractivity contribution >= 4 is 0 Å². The van der Waals surface area contributed by atoms with Crippen LogP contribution in [0.15, 0.2) is 24.3 Å². The van der Waals surface area contributed by atoms with E-state index in [9.17, 15) is 0 Å². The number of fused-ring (bicyclic) bond motifs is 1. The molecule has 1 saturated carbocycles. The summed E-state index contributed by atoms with van der Waals surface area (Å²) in [6.45, 7) is 2.99. The van der Waals surface area contributed by atoms with Gasteiger partial charge in [0.25, 0.3) is 0 Å². The molecule has 1 heterocycles. The molecular formula is C14H19NO. The van der Waals surface area contributed by atoms with Crippen LogP contribution in [0.2, 0.25) is 0 Å². The Balaban J connectivity index is 1.83. The molecular weight excluding hydrogens is 198 g/mol. The second kappa shape index (κ2) is 3.49. The van der Waals surface area contributed by atoms with Crippen LogP contribution in [0.25, 0.3) is 0 Å². The monoisotopic (exact) mass is 217 g/mol. The molecule has 16 heavy (non-hydrogen) atoms. The Morgan fingerprint density at radius 1 is 1.38 bits per heavy atom. The van der Waals surface area contributed by atoms with Crippen LogP contribution in [0.4, 0.5) is 0 Å². The highest BCUT2D eigenvalue weighted by Crippen LogP contribution is 2.56. The predicted molar refractivity (Wildman–Crippen MR) is 64.4 cm³/mol. The summed E-state index contributed by atoms with van der Waals surface area (Å²) in [5, 5.41) is 0. The SMILES string of the molecule is CC(N)C1(C2COc3ccccc3C2)CC1. The lowest BCUT2D eigenvalue weighted by Gasteiger charge is -2.34. The second-order valence-corrected chi connectivity index (χ2v) is 5.34. The maximum Gasteiger partial charge on any atom is 0.122 e. The lowest BCUT2D eigenvalue weighted by atomic mass is 9.79. The first-order valence-electron chi connectivity index (χ1n) is 6.19. The van der Waals surface area contributed by atoms with Crippen LogP contribution in [-0.4, -0.2) is 12.6 Å². The Morgan fingerprint density at radius 3 is 2.81 bits per heavy atom. The van der Waals surface area contributed by atoms with Gasteiger partial charge in [-0.3, -0.25) is 0 Å². The summed E-state index contributed by atoms with van der Waals surface area (Å²) in [6, 6.07) is 8.68. The number of nitrogens with two attached hydrogens (primary N) is 1. The average molecular weight is 217 g/mol. The van der Waals surface area contributed by atoms with Crippen LogP contribution in [0.5, 0.6) is 5.75 Å². The van der Waals surface area contributed by atoms with Crippen LogP contribution in [0.3, 0.4) is 0 Å². The molecule has 0 bridgehead atoms. The molecule has 2 atom stereocenters. The van der Waals surface area contributed by atoms with Crippen molar-refractivity contribution in [3.8, 4) is 5.75 Å². The summed E-state index contributed by atoms with van der Waals surface area (Å²) in [7, 11) is 0. The summed E-state index contributed by atoms with van der Waals surface area (Å²) >= 11 is 0. The lowest BCUT2D eigenvalue weighted by Crippen LogP contribution is -2.39. The van der Waals surface area contributed by atoms with E-state index in [0.29, 0.717) is 17.4 Å². The Bertz CT molecular complexity index is 395. The molecule has 86 valence electrons. The Kier molecular flexibility index (Phi) is 2.21. The van der Waals surface area contributed by atoms with Crippen molar-refractivity contribution in [1.29, 1.82) is 0 Å². The largest absolute Gasteiger partial charge is 0.493 e. The number of hydrogen-bond donors (Lipinski definition) is 1. The van der Waals surface area contributed by atoms with Gasteiger partial charge >= 0.3 is 0 Å². The Hall–Kier alpha value is -1.02. The molecule has 1 aliphatic heterocycles. The maximum absolute atomic E-state index is 6.13. The molecule has 0 spiro atoms. The minimum Gasteiger partial charge on any atom is -0.493 e. The van der Waals surface area contributed by atoms with Gasteiger partial charge in [0, 0.05) is 12.0 Å². The third-order valence-electron chi connectivity index (χ3n) is 4.43. The summed E-state index contributed by atoms with van der Waals surface area (Å²) in [6.07, 6.45) is 3.69. The normalized spacial score (nSPS) is 27.8. The molecule has 0 aromatic heterocycles. The Labute approximate surface area is 96.8 Å². The van der Waals surface area contributed by atoms with E-state index in [2.05, 4.69) is 25.1 Å². The molecule has 1 aliphatic carbocycles. The van der Waals surface area contributed by atoms with E-state index >= 15 is 0 Å². The van der Waals surface area contributed by atoms with Crippen LogP contribution in [-0.2, 0) is 6.42 Å². The fourth-order valence-corrected chi connectivity index (χ4v) is 3.08. The van der Waals surface area contributed by atoms with E-state index in [1.54, 1.807) is 0 Å². The van der Waals surface area contributed by atoms with E-state index in [4.69, 9.17) is 10.5 Å². The minimum absolute atomic E-state index is 0.298. The molecule has 0 saturated heterocycles. The molecule has 0 radical (unpaired) electrons. The van der Waals surface area contributed by atoms with Gasteiger partial charge in [-0.25, -0.2) is 0 Å². The average Bonchev–Trinajstić information content (AvgIpc) is 3.09. The standard InChI is InChI=1S/C14H19NO/c1-10(15)14(6-7-14)12-8-11-4-2-3-5-13(11)16-9-12/h2-5,10,12H,6-9,15H2,1H3. The van der Waals surface area contributed by atoms with Gasteiger partial charge in [-0.1, -0.05) is 18.2 Å². The van der Waals surface area contributed by atoms with E-state index in [1.165, 1.54) is 18.4 Å². The quantitative estimate of drug-likeness (QED) is 0.825. The van der Waals surface area contributed by atoms with E-state index in [1.807, 2.05) is 6.07 Å². The third kappa shape index (κ3) is 1.44. The summed E-state index contributed by atoms with van der Waals surface area (Å²) in [5.74, 6) is 1.68. The Morgan fingerprint density at radius 2 is 2.12 bits per heavy atom. The zero-order chi connectivity index (χ0) is 11.2. The second-order valence-electron chi connectivity index (χ2n) is 5.34. The molecule has 3 rings (SSSR count). The molecule has 2 aliphatic rings. The highest BCUT2D eigenvalue weighted by atomic mass is 16.5. The lowest BCUT2D eigenvalue weighted by molar-refractivity contribution is 0.142. The van der Waals surface area contributed by atoms with Crippen molar-refractivity contribution < 1.29 is 4.74 Å². The van der Waals surface area contributed by atoms with E-state index in [-0.39, 0.29) is 0 Å². The van der Waals surface area contributed by atoms with Gasteiger partial charge in [0.05, 0.1) is 6.61 Å². The summed E-state index contributed by atoms with van der Waals surface area (Å²) in [5.41, 5.74) is 7.85. The molecule has 2 N–H and O–H groups in total. The van der Waals surface area contributed by atoms with Crippen molar-refractivity contribution in [3.63, 3.8) is 0 Å². The van der Waals surface area contributed by atoms with Crippen molar-refractivity contribution in [2.24, 2.45) is 17.1 Å². The molecule has 2 heteroatoms. The van der Waals surface area contributed by atoms with Crippen molar-refractivity contribution in [1.82, 2.24) is 0 Å². The fraction of sp³-hybridized carbons (Fsp3) is 0.571. The van der Waals surface area contributed by atoms with Gasteiger partial charge in [0.15, 0.2) is 0 Å². The van der Waals surface area contributed by atoms with Gasteiger partial charge < -0.3 is 10.5 Å². The molecule has 0 amide bonds. The fourth-order valence-electron chi connectivity index (χ4n) is 3.08. The van der Waals surface area contributed by atoms with E-state index in [0.717, 1.165) is 18.8 Å².